The molecule has 1 aromatic carbocycles. The van der Waals surface area contributed by atoms with Crippen LogP contribution < -0.4 is 0 Å². The van der Waals surface area contributed by atoms with Crippen LogP contribution in [0.5, 0.6) is 0 Å². The maximum atomic E-state index is 13.3. The number of carboxylic acids is 1. The van der Waals surface area contributed by atoms with Gasteiger partial charge in [-0.05, 0) is 54.7 Å². The zero-order valence-electron chi connectivity index (χ0n) is 10.5. The van der Waals surface area contributed by atoms with Crippen molar-refractivity contribution < 1.29 is 18.7 Å². The number of carbonyl (C=O) groups is 1. The average Bonchev–Trinajstić information content (AvgIpc) is 2.89. The number of carboxylic acid groups (broad SMARTS) is 1. The lowest BCUT2D eigenvalue weighted by Crippen LogP contribution is -2.26. The van der Waals surface area contributed by atoms with E-state index >= 15 is 0 Å². The van der Waals surface area contributed by atoms with Gasteiger partial charge in [-0.2, -0.15) is 0 Å². The second-order valence-corrected chi connectivity index (χ2v) is 5.86. The summed E-state index contributed by atoms with van der Waals surface area (Å²) in [5, 5.41) is 9.45. The molecule has 0 radical (unpaired) electrons. The molecular weight excluding hydrogens is 250 g/mol. The van der Waals surface area contributed by atoms with Crippen LogP contribution in [0.2, 0.25) is 0 Å². The van der Waals surface area contributed by atoms with Crippen LogP contribution >= 0.6 is 0 Å². The first-order valence-corrected chi connectivity index (χ1v) is 6.73. The fraction of sp³-hybridized carbons (Fsp3) is 0.533. The summed E-state index contributed by atoms with van der Waals surface area (Å²) < 4.78 is 26.6. The molecule has 4 unspecified atom stereocenters. The summed E-state index contributed by atoms with van der Waals surface area (Å²) in [4.78, 5) is 11.5. The van der Waals surface area contributed by atoms with Gasteiger partial charge in [0.05, 0.1) is 5.92 Å². The standard InChI is InChI=1S/C15H16F2O2/c16-11-5-10(6-12(17)7-11)14(15(18)19)13-4-8-1-2-9(13)3-8/h5-9,13-14H,1-4H2,(H,18,19). The summed E-state index contributed by atoms with van der Waals surface area (Å²) in [6.45, 7) is 0. The van der Waals surface area contributed by atoms with Crippen LogP contribution in [0.1, 0.15) is 37.2 Å². The number of hydrogen-bond donors (Lipinski definition) is 1. The van der Waals surface area contributed by atoms with Gasteiger partial charge in [0, 0.05) is 6.07 Å². The molecule has 2 aliphatic rings. The Balaban J connectivity index is 1.95. The van der Waals surface area contributed by atoms with E-state index in [4.69, 9.17) is 0 Å². The fourth-order valence-corrected chi connectivity index (χ4v) is 4.03. The molecule has 19 heavy (non-hydrogen) atoms. The Bertz CT molecular complexity index is 495. The Morgan fingerprint density at radius 1 is 1.16 bits per heavy atom. The van der Waals surface area contributed by atoms with Crippen LogP contribution in [0.25, 0.3) is 0 Å². The Morgan fingerprint density at radius 3 is 2.32 bits per heavy atom. The molecule has 2 aliphatic carbocycles. The van der Waals surface area contributed by atoms with Crippen molar-refractivity contribution in [2.75, 3.05) is 0 Å². The van der Waals surface area contributed by atoms with Crippen LogP contribution in [0.15, 0.2) is 18.2 Å². The Labute approximate surface area is 110 Å². The minimum absolute atomic E-state index is 0.0254. The molecule has 0 heterocycles. The van der Waals surface area contributed by atoms with Crippen molar-refractivity contribution in [2.24, 2.45) is 17.8 Å². The third kappa shape index (κ3) is 2.24. The molecule has 1 aromatic rings. The number of aliphatic carboxylic acids is 1. The van der Waals surface area contributed by atoms with Gasteiger partial charge in [0.25, 0.3) is 0 Å². The Hall–Kier alpha value is -1.45. The van der Waals surface area contributed by atoms with Crippen molar-refractivity contribution in [2.45, 2.75) is 31.6 Å². The molecule has 2 fully saturated rings. The van der Waals surface area contributed by atoms with Crippen LogP contribution in [-0.4, -0.2) is 11.1 Å². The van der Waals surface area contributed by atoms with Gasteiger partial charge in [-0.1, -0.05) is 6.42 Å². The number of rotatable bonds is 3. The van der Waals surface area contributed by atoms with Crippen molar-refractivity contribution in [3.63, 3.8) is 0 Å². The number of hydrogen-bond acceptors (Lipinski definition) is 1. The lowest BCUT2D eigenvalue weighted by atomic mass is 9.76. The van der Waals surface area contributed by atoms with Crippen LogP contribution in [0.3, 0.4) is 0 Å². The van der Waals surface area contributed by atoms with Crippen molar-refractivity contribution in [1.29, 1.82) is 0 Å². The van der Waals surface area contributed by atoms with Crippen LogP contribution in [-0.2, 0) is 4.79 Å². The van der Waals surface area contributed by atoms with Crippen LogP contribution in [0.4, 0.5) is 8.78 Å². The van der Waals surface area contributed by atoms with Gasteiger partial charge < -0.3 is 5.11 Å². The SMILES string of the molecule is O=C(O)C(c1cc(F)cc(F)c1)C1CC2CCC1C2. The largest absolute Gasteiger partial charge is 0.481 e. The van der Waals surface area contributed by atoms with E-state index in [2.05, 4.69) is 0 Å². The summed E-state index contributed by atoms with van der Waals surface area (Å²) in [6, 6.07) is 3.10. The highest BCUT2D eigenvalue weighted by atomic mass is 19.1. The smallest absolute Gasteiger partial charge is 0.311 e. The predicted molar refractivity (Wildman–Crippen MR) is 65.7 cm³/mol. The second-order valence-electron chi connectivity index (χ2n) is 5.86. The van der Waals surface area contributed by atoms with E-state index in [1.54, 1.807) is 0 Å². The fourth-order valence-electron chi connectivity index (χ4n) is 4.03. The first kappa shape index (κ1) is 12.6. The summed E-state index contributed by atoms with van der Waals surface area (Å²) in [7, 11) is 0. The second kappa shape index (κ2) is 4.58. The first-order valence-electron chi connectivity index (χ1n) is 6.73. The predicted octanol–water partition coefficient (Wildman–Crippen LogP) is 3.57. The van der Waals surface area contributed by atoms with Gasteiger partial charge >= 0.3 is 5.97 Å². The number of fused-ring (bicyclic) bond motifs is 2. The molecule has 4 atom stereocenters. The van der Waals surface area contributed by atoms with Crippen molar-refractivity contribution in [3.05, 3.63) is 35.4 Å². The topological polar surface area (TPSA) is 37.3 Å². The molecule has 0 spiro atoms. The van der Waals surface area contributed by atoms with Crippen molar-refractivity contribution in [1.82, 2.24) is 0 Å². The Kier molecular flexibility index (Phi) is 3.03. The maximum absolute atomic E-state index is 13.3. The van der Waals surface area contributed by atoms with Gasteiger partial charge in [-0.15, -0.1) is 0 Å². The first-order chi connectivity index (χ1) is 9.04. The van der Waals surface area contributed by atoms with Gasteiger partial charge in [0.1, 0.15) is 11.6 Å². The lowest BCUT2D eigenvalue weighted by Gasteiger charge is -2.28. The minimum Gasteiger partial charge on any atom is -0.481 e. The third-order valence-corrected chi connectivity index (χ3v) is 4.73. The molecule has 0 aromatic heterocycles. The molecule has 1 N–H and O–H groups in total. The molecule has 0 saturated heterocycles. The average molecular weight is 266 g/mol. The molecule has 102 valence electrons. The highest BCUT2D eigenvalue weighted by molar-refractivity contribution is 5.76. The summed E-state index contributed by atoms with van der Waals surface area (Å²) in [6.07, 6.45) is 4.17. The van der Waals surface area contributed by atoms with E-state index in [0.29, 0.717) is 11.8 Å². The summed E-state index contributed by atoms with van der Waals surface area (Å²) in [5.74, 6) is -2.12. The molecule has 2 saturated carbocycles. The number of halogens is 2. The van der Waals surface area contributed by atoms with E-state index in [1.165, 1.54) is 6.42 Å². The zero-order chi connectivity index (χ0) is 13.6. The van der Waals surface area contributed by atoms with Crippen molar-refractivity contribution >= 4 is 5.97 Å². The minimum atomic E-state index is -0.970. The molecule has 2 nitrogen and oxygen atoms in total. The van der Waals surface area contributed by atoms with E-state index in [1.807, 2.05) is 0 Å². The summed E-state index contributed by atoms with van der Waals surface area (Å²) in [5.41, 5.74) is 0.266. The molecule has 0 amide bonds. The monoisotopic (exact) mass is 266 g/mol. The van der Waals surface area contributed by atoms with E-state index in [9.17, 15) is 18.7 Å². The van der Waals surface area contributed by atoms with E-state index in [0.717, 1.165) is 37.5 Å². The quantitative estimate of drug-likeness (QED) is 0.908. The van der Waals surface area contributed by atoms with Crippen LogP contribution in [0, 0.1) is 29.4 Å². The maximum Gasteiger partial charge on any atom is 0.311 e. The molecule has 4 heteroatoms. The molecule has 0 aliphatic heterocycles. The zero-order valence-corrected chi connectivity index (χ0v) is 10.5. The molecule has 2 bridgehead atoms. The highest BCUT2D eigenvalue weighted by Gasteiger charge is 2.46. The highest BCUT2D eigenvalue weighted by Crippen LogP contribution is 2.53. The van der Waals surface area contributed by atoms with Crippen molar-refractivity contribution in [3.8, 4) is 0 Å². The summed E-state index contributed by atoms with van der Waals surface area (Å²) >= 11 is 0. The number of benzene rings is 1. The van der Waals surface area contributed by atoms with Gasteiger partial charge in [0.15, 0.2) is 0 Å². The van der Waals surface area contributed by atoms with Gasteiger partial charge in [-0.25, -0.2) is 8.78 Å². The third-order valence-electron chi connectivity index (χ3n) is 4.73. The van der Waals surface area contributed by atoms with E-state index in [-0.39, 0.29) is 11.5 Å². The lowest BCUT2D eigenvalue weighted by molar-refractivity contribution is -0.140. The van der Waals surface area contributed by atoms with Gasteiger partial charge in [0.2, 0.25) is 0 Å². The molecule has 3 rings (SSSR count). The molecular formula is C15H16F2O2. The Morgan fingerprint density at radius 2 is 1.84 bits per heavy atom. The van der Waals surface area contributed by atoms with E-state index < -0.39 is 23.5 Å². The normalized spacial score (nSPS) is 30.5. The van der Waals surface area contributed by atoms with Gasteiger partial charge in [-0.3, -0.25) is 4.79 Å².